The Morgan fingerprint density at radius 1 is 1.06 bits per heavy atom. The average Bonchev–Trinajstić information content (AvgIpc) is 2.13. The summed E-state index contributed by atoms with van der Waals surface area (Å²) in [5.41, 5.74) is 0.540. The van der Waals surface area contributed by atoms with Gasteiger partial charge in [-0.05, 0) is 51.4 Å². The molecule has 0 amide bonds. The molecule has 1 aliphatic carbocycles. The largest absolute Gasteiger partial charge is 0.375 e. The molecule has 0 spiro atoms. The average molecular weight is 239 g/mol. The van der Waals surface area contributed by atoms with E-state index in [2.05, 4.69) is 33.0 Å². The van der Waals surface area contributed by atoms with E-state index in [9.17, 15) is 0 Å². The van der Waals surface area contributed by atoms with Crippen LogP contribution in [0.25, 0.3) is 0 Å². The summed E-state index contributed by atoms with van der Waals surface area (Å²) in [6, 6.07) is 1.41. The van der Waals surface area contributed by atoms with E-state index in [1.54, 1.807) is 0 Å². The molecule has 17 heavy (non-hydrogen) atoms. The van der Waals surface area contributed by atoms with Gasteiger partial charge < -0.3 is 10.1 Å². The van der Waals surface area contributed by atoms with E-state index in [1.165, 1.54) is 38.5 Å². The lowest BCUT2D eigenvalue weighted by atomic mass is 9.75. The lowest BCUT2D eigenvalue weighted by molar-refractivity contribution is -0.0449. The van der Waals surface area contributed by atoms with Crippen LogP contribution in [0.4, 0.5) is 0 Å². The van der Waals surface area contributed by atoms with Gasteiger partial charge in [-0.15, -0.1) is 0 Å². The fraction of sp³-hybridized carbons (Fsp3) is 1.00. The molecule has 0 aromatic heterocycles. The summed E-state index contributed by atoms with van der Waals surface area (Å²) in [6.45, 7) is 9.23. The molecule has 0 bridgehead atoms. The third-order valence-corrected chi connectivity index (χ3v) is 4.37. The van der Waals surface area contributed by atoms with Crippen molar-refractivity contribution in [2.75, 3.05) is 0 Å². The van der Waals surface area contributed by atoms with Crippen LogP contribution in [0.5, 0.6) is 0 Å². The Labute approximate surface area is 107 Å². The number of hydrogen-bond acceptors (Lipinski definition) is 2. The molecule has 1 aliphatic heterocycles. The summed E-state index contributed by atoms with van der Waals surface area (Å²) < 4.78 is 5.81. The van der Waals surface area contributed by atoms with E-state index in [4.69, 9.17) is 4.74 Å². The van der Waals surface area contributed by atoms with E-state index >= 15 is 0 Å². The van der Waals surface area contributed by atoms with Crippen molar-refractivity contribution < 1.29 is 4.74 Å². The highest BCUT2D eigenvalue weighted by molar-refractivity contribution is 4.87. The van der Waals surface area contributed by atoms with Gasteiger partial charge >= 0.3 is 0 Å². The Morgan fingerprint density at radius 2 is 1.71 bits per heavy atom. The Balaban J connectivity index is 1.83. The summed E-state index contributed by atoms with van der Waals surface area (Å²) in [5, 5.41) is 3.89. The molecule has 0 aromatic carbocycles. The van der Waals surface area contributed by atoms with Crippen LogP contribution in [0, 0.1) is 5.41 Å². The summed E-state index contributed by atoms with van der Waals surface area (Å²) in [7, 11) is 0. The monoisotopic (exact) mass is 239 g/mol. The normalized spacial score (nSPS) is 42.4. The second-order valence-electron chi connectivity index (χ2n) is 7.05. The molecule has 1 N–H and O–H groups in total. The first-order valence-electron chi connectivity index (χ1n) is 7.36. The summed E-state index contributed by atoms with van der Waals surface area (Å²) in [5.74, 6) is 0. The van der Waals surface area contributed by atoms with Gasteiger partial charge in [-0.1, -0.05) is 20.3 Å². The lowest BCUT2D eigenvalue weighted by Gasteiger charge is -2.40. The topological polar surface area (TPSA) is 21.3 Å². The molecule has 0 radical (unpaired) electrons. The molecular weight excluding hydrogens is 210 g/mol. The number of rotatable bonds is 2. The molecule has 2 fully saturated rings. The first kappa shape index (κ1) is 13.4. The van der Waals surface area contributed by atoms with Crippen molar-refractivity contribution in [1.29, 1.82) is 0 Å². The number of ether oxygens (including phenoxy) is 1. The van der Waals surface area contributed by atoms with Crippen LogP contribution in [0.15, 0.2) is 0 Å². The first-order chi connectivity index (χ1) is 7.94. The maximum Gasteiger partial charge on any atom is 0.0565 e. The molecule has 1 saturated carbocycles. The molecular formula is C15H29NO. The van der Waals surface area contributed by atoms with Gasteiger partial charge in [0.25, 0.3) is 0 Å². The van der Waals surface area contributed by atoms with Crippen LogP contribution in [0.3, 0.4) is 0 Å². The van der Waals surface area contributed by atoms with Crippen LogP contribution in [0.1, 0.15) is 66.2 Å². The van der Waals surface area contributed by atoms with Crippen molar-refractivity contribution in [1.82, 2.24) is 5.32 Å². The Kier molecular flexibility index (Phi) is 4.14. The molecule has 1 saturated heterocycles. The van der Waals surface area contributed by atoms with Crippen LogP contribution in [-0.4, -0.2) is 24.3 Å². The molecule has 2 heteroatoms. The summed E-state index contributed by atoms with van der Waals surface area (Å²) in [6.07, 6.45) is 8.70. The van der Waals surface area contributed by atoms with Gasteiger partial charge in [-0.3, -0.25) is 0 Å². The van der Waals surface area contributed by atoms with E-state index < -0.39 is 0 Å². The van der Waals surface area contributed by atoms with E-state index in [0.717, 1.165) is 6.04 Å². The Morgan fingerprint density at radius 3 is 2.29 bits per heavy atom. The predicted octanol–water partition coefficient (Wildman–Crippen LogP) is 3.50. The van der Waals surface area contributed by atoms with Gasteiger partial charge in [0.05, 0.1) is 12.2 Å². The van der Waals surface area contributed by atoms with Crippen LogP contribution in [-0.2, 0) is 4.74 Å². The van der Waals surface area contributed by atoms with Crippen molar-refractivity contribution in [2.45, 2.75) is 90.5 Å². The maximum atomic E-state index is 5.81. The highest BCUT2D eigenvalue weighted by Crippen LogP contribution is 2.35. The van der Waals surface area contributed by atoms with Crippen molar-refractivity contribution in [2.24, 2.45) is 5.41 Å². The zero-order valence-electron chi connectivity index (χ0n) is 12.0. The molecule has 100 valence electrons. The second-order valence-corrected chi connectivity index (χ2v) is 7.05. The van der Waals surface area contributed by atoms with Crippen molar-refractivity contribution in [3.05, 3.63) is 0 Å². The molecule has 3 atom stereocenters. The molecule has 0 aromatic rings. The van der Waals surface area contributed by atoms with E-state index in [1.807, 2.05) is 0 Å². The zero-order valence-corrected chi connectivity index (χ0v) is 12.0. The Hall–Kier alpha value is -0.0800. The minimum absolute atomic E-state index is 0.424. The van der Waals surface area contributed by atoms with Crippen LogP contribution >= 0.6 is 0 Å². The maximum absolute atomic E-state index is 5.81. The molecule has 2 nitrogen and oxygen atoms in total. The first-order valence-corrected chi connectivity index (χ1v) is 7.36. The molecule has 2 aliphatic rings. The number of nitrogens with one attached hydrogen (secondary N) is 1. The molecule has 1 heterocycles. The highest BCUT2D eigenvalue weighted by atomic mass is 16.5. The van der Waals surface area contributed by atoms with Gasteiger partial charge in [-0.2, -0.15) is 0 Å². The standard InChI is InChI=1S/C15H29NO/c1-11-8-14(9-12(2)17-11)16-13-6-5-7-15(3,4)10-13/h11-14,16H,5-10H2,1-4H3. The van der Waals surface area contributed by atoms with Crippen molar-refractivity contribution in [3.63, 3.8) is 0 Å². The lowest BCUT2D eigenvalue weighted by Crippen LogP contribution is -2.48. The smallest absolute Gasteiger partial charge is 0.0565 e. The van der Waals surface area contributed by atoms with Gasteiger partial charge in [-0.25, -0.2) is 0 Å². The summed E-state index contributed by atoms with van der Waals surface area (Å²) >= 11 is 0. The van der Waals surface area contributed by atoms with Crippen molar-refractivity contribution in [3.8, 4) is 0 Å². The van der Waals surface area contributed by atoms with Gasteiger partial charge in [0.15, 0.2) is 0 Å². The second kappa shape index (κ2) is 5.27. The van der Waals surface area contributed by atoms with E-state index in [-0.39, 0.29) is 0 Å². The van der Waals surface area contributed by atoms with Crippen molar-refractivity contribution >= 4 is 0 Å². The van der Waals surface area contributed by atoms with Gasteiger partial charge in [0.2, 0.25) is 0 Å². The number of hydrogen-bond donors (Lipinski definition) is 1. The van der Waals surface area contributed by atoms with Crippen LogP contribution in [0.2, 0.25) is 0 Å². The predicted molar refractivity (Wildman–Crippen MR) is 72.2 cm³/mol. The highest BCUT2D eigenvalue weighted by Gasteiger charge is 2.31. The van der Waals surface area contributed by atoms with E-state index in [0.29, 0.717) is 23.7 Å². The van der Waals surface area contributed by atoms with Gasteiger partial charge in [0.1, 0.15) is 0 Å². The fourth-order valence-corrected chi connectivity index (χ4v) is 3.72. The molecule has 2 rings (SSSR count). The Bertz CT molecular complexity index is 241. The third-order valence-electron chi connectivity index (χ3n) is 4.37. The van der Waals surface area contributed by atoms with Crippen LogP contribution < -0.4 is 5.32 Å². The zero-order chi connectivity index (χ0) is 12.5. The fourth-order valence-electron chi connectivity index (χ4n) is 3.72. The minimum atomic E-state index is 0.424. The molecule has 3 unspecified atom stereocenters. The third kappa shape index (κ3) is 3.96. The minimum Gasteiger partial charge on any atom is -0.375 e. The van der Waals surface area contributed by atoms with Gasteiger partial charge in [0, 0.05) is 12.1 Å². The SMILES string of the molecule is CC1CC(NC2CCCC(C)(C)C2)CC(C)O1. The summed E-state index contributed by atoms with van der Waals surface area (Å²) in [4.78, 5) is 0. The quantitative estimate of drug-likeness (QED) is 0.796.